The van der Waals surface area contributed by atoms with Crippen LogP contribution in [0.3, 0.4) is 0 Å². The van der Waals surface area contributed by atoms with Crippen LogP contribution in [0.5, 0.6) is 11.5 Å². The molecule has 21 heteroatoms. The van der Waals surface area contributed by atoms with Crippen molar-refractivity contribution in [3.63, 3.8) is 0 Å². The molecule has 0 aromatic heterocycles. The normalized spacial score (nSPS) is 12.4. The number of nitriles is 1. The van der Waals surface area contributed by atoms with Crippen LogP contribution in [0.15, 0.2) is 51.1 Å². The SMILES string of the molecule is CC(C)(C)C.CC(C)(C)C.CC(C)(C)C.CC(C)(C)C.CC(C)(C)C.CC(C)(C)C.CC(C)(C)Cl.CC(C)(C)F.CCC(C)(C)C.CCOC(C)(C)C.COC(C)(C)C.[C-]#[N+]/C(C#N)=C1\Sc2c(OC(=O)CCC(=O)OCC(C)(C)COC(=O)C=C)cc(F)c(OC(=O)CCC(=O)OCC(C)(C)COC(=O)C=C)c2S1. The third-order valence-corrected chi connectivity index (χ3v) is 11.0. The maximum Gasteiger partial charge on any atom is 0.330 e. The summed E-state index contributed by atoms with van der Waals surface area (Å²) in [7, 11) is 1.71. The Bertz CT molecular complexity index is 2640. The van der Waals surface area contributed by atoms with Crippen LogP contribution in [-0.4, -0.2) is 97.7 Å². The van der Waals surface area contributed by atoms with Crippen molar-refractivity contribution in [1.82, 2.24) is 0 Å². The molecule has 0 saturated heterocycles. The Hall–Kier alpha value is -4.99. The number of allylic oxidation sites excluding steroid dienone is 1. The highest BCUT2D eigenvalue weighted by molar-refractivity contribution is 8.24. The van der Waals surface area contributed by atoms with E-state index in [1.165, 1.54) is 27.2 Å². The Morgan fingerprint density at radius 1 is 0.491 bits per heavy atom. The van der Waals surface area contributed by atoms with Gasteiger partial charge in [-0.2, -0.15) is 0 Å². The van der Waals surface area contributed by atoms with E-state index < -0.39 is 89.6 Å². The van der Waals surface area contributed by atoms with Crippen molar-refractivity contribution in [1.29, 1.82) is 5.26 Å². The van der Waals surface area contributed by atoms with Crippen molar-refractivity contribution in [3.05, 3.63) is 58.5 Å². The standard InChI is InChI=1S/C34H35FN2O12S2.C6H14O.C6H14.C5H12O.6C5H12.C4H9Cl.C4H9F/c1-8-23(38)44-16-33(3,4)18-46-25(40)10-12-27(42)48-22-14-20(35)29(31-30(22)50-32(51-31)21(15-36)37-7)49-28(43)13-11-26(41)47-19-34(5,6)17-45-24(39)9-2;1-5-7-6(2,3)4;1-5-6(2,3)4;1-5(2,3)6-4;6*1-5(2,3)4;2*1-4(2,3)5/h8-9,14H,1-2,10-13,16-19H2,3-6H3;5H2,1-4H3;5H2,1-4H3;1-4H3;6*1-4H3;2*1-3H3/b32-21+;;;;;;;;;;;. The quantitative estimate of drug-likeness (QED) is 0.0240. The van der Waals surface area contributed by atoms with Crippen LogP contribution in [0.25, 0.3) is 4.85 Å². The first kappa shape index (κ1) is 126. The Morgan fingerprint density at radius 2 is 0.736 bits per heavy atom. The van der Waals surface area contributed by atoms with Crippen molar-refractivity contribution < 1.29 is 75.4 Å². The van der Waals surface area contributed by atoms with Crippen molar-refractivity contribution in [2.75, 3.05) is 40.1 Å². The average Bonchev–Trinajstić information content (AvgIpc) is 1.61. The molecular weight excluding hydrogens is 1460 g/mol. The molecule has 0 amide bonds. The highest BCUT2D eigenvalue weighted by Crippen LogP contribution is 2.60. The predicted molar refractivity (Wildman–Crippen MR) is 464 cm³/mol. The molecule has 1 heterocycles. The van der Waals surface area contributed by atoms with Gasteiger partial charge in [-0.1, -0.05) is 265 Å². The van der Waals surface area contributed by atoms with Crippen molar-refractivity contribution in [2.45, 2.75) is 375 Å². The van der Waals surface area contributed by atoms with Gasteiger partial charge in [-0.25, -0.2) is 28.5 Å². The van der Waals surface area contributed by atoms with E-state index >= 15 is 4.39 Å². The third-order valence-electron chi connectivity index (χ3n) is 8.46. The molecule has 1 aliphatic heterocycles. The molecule has 648 valence electrons. The zero-order valence-electron chi connectivity index (χ0n) is 78.8. The van der Waals surface area contributed by atoms with Crippen LogP contribution in [-0.2, 0) is 57.2 Å². The van der Waals surface area contributed by atoms with E-state index in [4.69, 9.17) is 56.1 Å². The number of halogens is 3. The summed E-state index contributed by atoms with van der Waals surface area (Å²) in [6.07, 6.45) is 1.48. The fourth-order valence-corrected chi connectivity index (χ4v) is 6.43. The summed E-state index contributed by atoms with van der Waals surface area (Å²) in [5.41, 5.74) is 0.833. The number of fused-ring (bicyclic) bond motifs is 1. The summed E-state index contributed by atoms with van der Waals surface area (Å²) in [4.78, 5) is 75.6. The molecule has 0 atom stereocenters. The first-order valence-electron chi connectivity index (χ1n) is 37.7. The Labute approximate surface area is 687 Å². The summed E-state index contributed by atoms with van der Waals surface area (Å²) in [6.45, 7) is 107. The Morgan fingerprint density at radius 3 is 0.945 bits per heavy atom. The molecule has 1 aliphatic rings. The summed E-state index contributed by atoms with van der Waals surface area (Å²) < 4.78 is 68.2. The minimum atomic E-state index is -1.13. The van der Waals surface area contributed by atoms with E-state index in [1.807, 2.05) is 48.5 Å². The summed E-state index contributed by atoms with van der Waals surface area (Å²) in [5, 5.41) is 9.38. The molecule has 0 fully saturated rings. The summed E-state index contributed by atoms with van der Waals surface area (Å²) in [5.74, 6) is -6.75. The number of esters is 6. The number of nitrogens with zero attached hydrogens (tertiary/aromatic N) is 2. The molecule has 0 N–H and O–H groups in total. The maximum atomic E-state index is 15.4. The molecule has 0 spiro atoms. The lowest BCUT2D eigenvalue weighted by molar-refractivity contribution is -0.153. The van der Waals surface area contributed by atoms with Gasteiger partial charge in [0, 0.05) is 47.6 Å². The molecule has 0 radical (unpaired) electrons. The van der Waals surface area contributed by atoms with E-state index in [-0.39, 0.29) is 68.0 Å². The number of hydrogen-bond acceptors (Lipinski definition) is 17. The monoisotopic (exact) mass is 1620 g/mol. The topological polar surface area (TPSA) is 204 Å². The highest BCUT2D eigenvalue weighted by Gasteiger charge is 2.34. The second-order valence-corrected chi connectivity index (χ2v) is 45.5. The number of carbonyl (C=O) groups is 6. The van der Waals surface area contributed by atoms with Gasteiger partial charge in [0.25, 0.3) is 5.70 Å². The third kappa shape index (κ3) is 142. The number of benzene rings is 1. The number of rotatable bonds is 19. The van der Waals surface area contributed by atoms with Crippen molar-refractivity contribution in [2.24, 2.45) is 48.7 Å². The first-order chi connectivity index (χ1) is 48.1. The minimum Gasteiger partial charge on any atom is -0.465 e. The summed E-state index contributed by atoms with van der Waals surface area (Å²) in [6, 6.07) is 2.50. The van der Waals surface area contributed by atoms with Crippen molar-refractivity contribution >= 4 is 70.9 Å². The highest BCUT2D eigenvalue weighted by atomic mass is 35.5. The van der Waals surface area contributed by atoms with E-state index in [0.717, 1.165) is 48.3 Å². The van der Waals surface area contributed by atoms with Gasteiger partial charge >= 0.3 is 35.8 Å². The lowest BCUT2D eigenvalue weighted by atomic mass is 9.94. The predicted octanol–water partition coefficient (Wildman–Crippen LogP) is 27.4. The molecule has 0 saturated carbocycles. The van der Waals surface area contributed by atoms with Crippen LogP contribution >= 0.6 is 35.1 Å². The van der Waals surface area contributed by atoms with Gasteiger partial charge in [0.15, 0.2) is 11.6 Å². The number of hydrogen-bond donors (Lipinski definition) is 0. The second kappa shape index (κ2) is 58.8. The maximum absolute atomic E-state index is 15.4. The van der Waals surface area contributed by atoms with Gasteiger partial charge < -0.3 is 37.9 Å². The number of alkyl halides is 2. The van der Waals surface area contributed by atoms with E-state index in [2.05, 4.69) is 233 Å². The number of ether oxygens (including phenoxy) is 8. The largest absolute Gasteiger partial charge is 0.465 e. The van der Waals surface area contributed by atoms with E-state index in [0.29, 0.717) is 37.9 Å². The molecule has 1 aromatic rings. The second-order valence-electron chi connectivity index (χ2n) is 42.0. The lowest BCUT2D eigenvalue weighted by Gasteiger charge is -2.23. The number of methoxy groups -OCH3 is 1. The molecule has 0 aliphatic carbocycles. The van der Waals surface area contributed by atoms with Crippen LogP contribution < -0.4 is 9.47 Å². The van der Waals surface area contributed by atoms with Crippen molar-refractivity contribution in [3.8, 4) is 17.6 Å². The molecule has 0 unspecified atom stereocenters. The number of thioether (sulfide) groups is 2. The molecule has 0 bridgehead atoms. The lowest BCUT2D eigenvalue weighted by Crippen LogP contribution is -2.28. The van der Waals surface area contributed by atoms with Gasteiger partial charge in [-0.3, -0.25) is 19.2 Å². The van der Waals surface area contributed by atoms with Crippen LogP contribution in [0, 0.1) is 72.5 Å². The van der Waals surface area contributed by atoms with Crippen LogP contribution in [0.4, 0.5) is 8.78 Å². The van der Waals surface area contributed by atoms with Crippen LogP contribution in [0.1, 0.15) is 344 Å². The number of carbonyl (C=O) groups excluding carboxylic acids is 6. The molecule has 16 nitrogen and oxygen atoms in total. The molecular formula is C89H165ClF2N2O14S2. The van der Waals surface area contributed by atoms with Gasteiger partial charge in [-0.15, -0.1) is 11.6 Å². The average molecular weight is 1620 g/mol. The zero-order chi connectivity index (χ0) is 90.7. The molecule has 2 rings (SSSR count). The minimum absolute atomic E-state index is 0.0278. The Balaban J connectivity index is -0.000000168. The fourth-order valence-electron chi connectivity index (χ4n) is 3.96. The summed E-state index contributed by atoms with van der Waals surface area (Å²) >= 11 is 7.09. The fraction of sp³-hybridized carbons (Fsp3) is 0.775. The zero-order valence-corrected chi connectivity index (χ0v) is 81.2. The smallest absolute Gasteiger partial charge is 0.330 e. The van der Waals surface area contributed by atoms with E-state index in [9.17, 15) is 38.4 Å². The van der Waals surface area contributed by atoms with Gasteiger partial charge in [0.05, 0.1) is 90.0 Å². The van der Waals surface area contributed by atoms with Gasteiger partial charge in [0.1, 0.15) is 11.4 Å². The van der Waals surface area contributed by atoms with Gasteiger partial charge in [0.2, 0.25) is 0 Å². The molecule has 110 heavy (non-hydrogen) atoms. The van der Waals surface area contributed by atoms with E-state index in [1.54, 1.807) is 40.9 Å². The Kier molecular flexibility index (Phi) is 67.3. The first-order valence-corrected chi connectivity index (χ1v) is 39.8. The van der Waals surface area contributed by atoms with Crippen LogP contribution in [0.2, 0.25) is 0 Å². The van der Waals surface area contributed by atoms with Gasteiger partial charge in [-0.05, 0) is 128 Å². The molecule has 1 aromatic carbocycles.